The van der Waals surface area contributed by atoms with Gasteiger partial charge in [0.15, 0.2) is 0 Å². The van der Waals surface area contributed by atoms with Crippen LogP contribution in [0.2, 0.25) is 0 Å². The van der Waals surface area contributed by atoms with Crippen LogP contribution in [0.4, 0.5) is 11.5 Å². The molecule has 7 nitrogen and oxygen atoms in total. The third-order valence-corrected chi connectivity index (χ3v) is 4.90. The number of carbonyl (C=O) groups is 1. The summed E-state index contributed by atoms with van der Waals surface area (Å²) in [5.74, 6) is 1.09. The molecule has 1 amide bonds. The Balaban J connectivity index is 1.53. The van der Waals surface area contributed by atoms with Gasteiger partial charge < -0.3 is 20.7 Å². The average Bonchev–Trinajstić information content (AvgIpc) is 3.16. The molecule has 4 rings (SSSR count). The highest BCUT2D eigenvalue weighted by Crippen LogP contribution is 2.27. The van der Waals surface area contributed by atoms with E-state index in [9.17, 15) is 4.79 Å². The first kappa shape index (κ1) is 17.1. The van der Waals surface area contributed by atoms with Gasteiger partial charge in [-0.05, 0) is 42.8 Å². The summed E-state index contributed by atoms with van der Waals surface area (Å²) in [6, 6.07) is 13.7. The number of carbonyl (C=O) groups excluding carboxylic acids is 1. The molecule has 3 aromatic rings. The fourth-order valence-electron chi connectivity index (χ4n) is 3.50. The minimum absolute atomic E-state index is 0.252. The maximum Gasteiger partial charge on any atom is 0.250 e. The van der Waals surface area contributed by atoms with E-state index < -0.39 is 5.91 Å². The molecule has 1 aromatic heterocycles. The Kier molecular flexibility index (Phi) is 4.50. The van der Waals surface area contributed by atoms with Gasteiger partial charge in [-0.15, -0.1) is 0 Å². The summed E-state index contributed by atoms with van der Waals surface area (Å²) in [5.41, 5.74) is 7.61. The van der Waals surface area contributed by atoms with Gasteiger partial charge in [-0.1, -0.05) is 6.07 Å². The van der Waals surface area contributed by atoms with Gasteiger partial charge in [0, 0.05) is 30.2 Å². The number of rotatable bonds is 5. The Morgan fingerprint density at radius 2 is 2.04 bits per heavy atom. The lowest BCUT2D eigenvalue weighted by molar-refractivity contribution is 0.100. The number of nitrogens with zero attached hydrogens (tertiary/aromatic N) is 3. The van der Waals surface area contributed by atoms with Crippen LogP contribution >= 0.6 is 0 Å². The maximum absolute atomic E-state index is 11.6. The molecule has 7 heteroatoms. The maximum atomic E-state index is 11.6. The summed E-state index contributed by atoms with van der Waals surface area (Å²) in [5, 5.41) is 4.31. The molecular formula is C20H21N5O2. The van der Waals surface area contributed by atoms with Crippen LogP contribution in [0.5, 0.6) is 5.75 Å². The van der Waals surface area contributed by atoms with E-state index in [4.69, 9.17) is 10.5 Å². The molecule has 3 N–H and O–H groups in total. The smallest absolute Gasteiger partial charge is 0.250 e. The highest BCUT2D eigenvalue weighted by Gasteiger charge is 2.24. The quantitative estimate of drug-likeness (QED) is 0.723. The number of primary amides is 1. The van der Waals surface area contributed by atoms with E-state index in [1.54, 1.807) is 19.2 Å². The Hall–Kier alpha value is -3.35. The molecule has 1 aliphatic rings. The predicted octanol–water partition coefficient (Wildman–Crippen LogP) is 2.43. The number of methoxy groups -OCH3 is 1. The van der Waals surface area contributed by atoms with E-state index in [1.807, 2.05) is 18.2 Å². The van der Waals surface area contributed by atoms with Crippen molar-refractivity contribution in [2.24, 2.45) is 5.73 Å². The monoisotopic (exact) mass is 363 g/mol. The number of hydrogen-bond donors (Lipinski definition) is 2. The molecular weight excluding hydrogens is 342 g/mol. The number of ether oxygens (including phenoxy) is 1. The third kappa shape index (κ3) is 3.36. The number of nitrogens with one attached hydrogen (secondary N) is 1. The number of anilines is 2. The molecule has 1 aliphatic heterocycles. The largest absolute Gasteiger partial charge is 0.497 e. The lowest BCUT2D eigenvalue weighted by atomic mass is 10.1. The molecule has 0 bridgehead atoms. The van der Waals surface area contributed by atoms with Crippen molar-refractivity contribution in [1.29, 1.82) is 0 Å². The van der Waals surface area contributed by atoms with Crippen LogP contribution in [0.3, 0.4) is 0 Å². The van der Waals surface area contributed by atoms with E-state index in [1.165, 1.54) is 12.0 Å². The van der Waals surface area contributed by atoms with Crippen molar-refractivity contribution in [3.8, 4) is 5.75 Å². The molecule has 1 atom stereocenters. The second-order valence-electron chi connectivity index (χ2n) is 6.56. The second kappa shape index (κ2) is 7.11. The average molecular weight is 363 g/mol. The van der Waals surface area contributed by atoms with Crippen LogP contribution in [-0.2, 0) is 0 Å². The zero-order chi connectivity index (χ0) is 18.8. The standard InChI is InChI=1S/C20H21N5O2/c1-27-15-7-5-14(6-8-15)25-10-9-13(11-25)24-20-17-4-2-3-16(19(21)26)18(17)22-12-23-20/h2-8,12-13H,9-11H2,1H3,(H2,21,26)(H,22,23,24). The van der Waals surface area contributed by atoms with Crippen LogP contribution in [-0.4, -0.2) is 42.1 Å². The molecule has 2 aromatic carbocycles. The molecule has 0 radical (unpaired) electrons. The third-order valence-electron chi connectivity index (χ3n) is 4.90. The summed E-state index contributed by atoms with van der Waals surface area (Å²) in [6.45, 7) is 1.83. The van der Waals surface area contributed by atoms with Crippen molar-refractivity contribution in [3.63, 3.8) is 0 Å². The summed E-state index contributed by atoms with van der Waals surface area (Å²) >= 11 is 0. The lowest BCUT2D eigenvalue weighted by Gasteiger charge is -2.20. The van der Waals surface area contributed by atoms with Crippen LogP contribution < -0.4 is 20.7 Å². The van der Waals surface area contributed by atoms with Crippen molar-refractivity contribution in [2.75, 3.05) is 30.4 Å². The number of benzene rings is 2. The first-order valence-corrected chi connectivity index (χ1v) is 8.85. The first-order valence-electron chi connectivity index (χ1n) is 8.85. The van der Waals surface area contributed by atoms with Gasteiger partial charge in [0.05, 0.1) is 18.2 Å². The van der Waals surface area contributed by atoms with Gasteiger partial charge in [-0.25, -0.2) is 9.97 Å². The van der Waals surface area contributed by atoms with Crippen molar-refractivity contribution in [2.45, 2.75) is 12.5 Å². The Labute approximate surface area is 157 Å². The topological polar surface area (TPSA) is 93.4 Å². The number of amides is 1. The minimum Gasteiger partial charge on any atom is -0.497 e. The summed E-state index contributed by atoms with van der Waals surface area (Å²) in [6.07, 6.45) is 2.46. The molecule has 1 saturated heterocycles. The molecule has 27 heavy (non-hydrogen) atoms. The molecule has 0 spiro atoms. The molecule has 0 aliphatic carbocycles. The second-order valence-corrected chi connectivity index (χ2v) is 6.56. The van der Waals surface area contributed by atoms with Crippen LogP contribution in [0.15, 0.2) is 48.8 Å². The van der Waals surface area contributed by atoms with Gasteiger partial charge in [0.25, 0.3) is 5.91 Å². The SMILES string of the molecule is COc1ccc(N2CCC(Nc3ncnc4c(C(N)=O)cccc34)C2)cc1. The molecule has 2 heterocycles. The van der Waals surface area contributed by atoms with Gasteiger partial charge in [0.2, 0.25) is 0 Å². The number of para-hydroxylation sites is 1. The van der Waals surface area contributed by atoms with E-state index in [0.29, 0.717) is 11.1 Å². The number of aromatic nitrogens is 2. The van der Waals surface area contributed by atoms with Crippen molar-refractivity contribution in [1.82, 2.24) is 9.97 Å². The van der Waals surface area contributed by atoms with Crippen LogP contribution in [0.25, 0.3) is 10.9 Å². The van der Waals surface area contributed by atoms with Crippen LogP contribution in [0, 0.1) is 0 Å². The minimum atomic E-state index is -0.489. The van der Waals surface area contributed by atoms with Gasteiger partial charge in [-0.3, -0.25) is 4.79 Å². The fraction of sp³-hybridized carbons (Fsp3) is 0.250. The van der Waals surface area contributed by atoms with Gasteiger partial charge >= 0.3 is 0 Å². The Bertz CT molecular complexity index is 974. The van der Waals surface area contributed by atoms with E-state index in [2.05, 4.69) is 32.3 Å². The Morgan fingerprint density at radius 3 is 2.78 bits per heavy atom. The highest BCUT2D eigenvalue weighted by molar-refractivity contribution is 6.06. The van der Waals surface area contributed by atoms with Crippen LogP contribution in [0.1, 0.15) is 16.8 Å². The first-order chi connectivity index (χ1) is 13.2. The summed E-state index contributed by atoms with van der Waals surface area (Å²) in [4.78, 5) is 22.6. The normalized spacial score (nSPS) is 16.5. The lowest BCUT2D eigenvalue weighted by Crippen LogP contribution is -2.26. The van der Waals surface area contributed by atoms with Crippen molar-refractivity contribution < 1.29 is 9.53 Å². The molecule has 138 valence electrons. The summed E-state index contributed by atoms with van der Waals surface area (Å²) < 4.78 is 5.22. The number of hydrogen-bond acceptors (Lipinski definition) is 6. The van der Waals surface area contributed by atoms with E-state index >= 15 is 0 Å². The zero-order valence-electron chi connectivity index (χ0n) is 15.1. The van der Waals surface area contributed by atoms with Gasteiger partial charge in [-0.2, -0.15) is 0 Å². The van der Waals surface area contributed by atoms with E-state index in [-0.39, 0.29) is 6.04 Å². The fourth-order valence-corrected chi connectivity index (χ4v) is 3.50. The summed E-state index contributed by atoms with van der Waals surface area (Å²) in [7, 11) is 1.67. The number of nitrogens with two attached hydrogens (primary N) is 1. The molecule has 1 unspecified atom stereocenters. The van der Waals surface area contributed by atoms with Crippen molar-refractivity contribution in [3.05, 3.63) is 54.4 Å². The molecule has 1 fully saturated rings. The van der Waals surface area contributed by atoms with E-state index in [0.717, 1.165) is 36.5 Å². The number of fused-ring (bicyclic) bond motifs is 1. The Morgan fingerprint density at radius 1 is 1.22 bits per heavy atom. The van der Waals surface area contributed by atoms with Gasteiger partial charge in [0.1, 0.15) is 17.9 Å². The van der Waals surface area contributed by atoms with Crippen molar-refractivity contribution >= 4 is 28.3 Å². The zero-order valence-corrected chi connectivity index (χ0v) is 15.1. The predicted molar refractivity (Wildman–Crippen MR) is 105 cm³/mol. The highest BCUT2D eigenvalue weighted by atomic mass is 16.5. The molecule has 0 saturated carbocycles.